The van der Waals surface area contributed by atoms with Crippen molar-refractivity contribution >= 4 is 17.5 Å². The predicted octanol–water partition coefficient (Wildman–Crippen LogP) is 2.43. The number of nitrogens with two attached hydrogens (primary N) is 1. The van der Waals surface area contributed by atoms with E-state index >= 15 is 0 Å². The second-order valence-electron chi connectivity index (χ2n) is 4.51. The second kappa shape index (κ2) is 5.67. The summed E-state index contributed by atoms with van der Waals surface area (Å²) in [5.41, 5.74) is 6.01. The summed E-state index contributed by atoms with van der Waals surface area (Å²) in [5, 5.41) is 0.0283. The number of carbonyl (C=O) groups excluding carboxylic acids is 1. The van der Waals surface area contributed by atoms with Crippen molar-refractivity contribution in [3.8, 4) is 0 Å². The van der Waals surface area contributed by atoms with Crippen molar-refractivity contribution < 1.29 is 9.18 Å². The highest BCUT2D eigenvalue weighted by molar-refractivity contribution is 6.30. The van der Waals surface area contributed by atoms with Crippen LogP contribution >= 0.6 is 11.6 Å². The Labute approximate surface area is 111 Å². The van der Waals surface area contributed by atoms with Gasteiger partial charge in [0.1, 0.15) is 5.82 Å². The molecule has 0 aromatic heterocycles. The smallest absolute Gasteiger partial charge is 0.254 e. The van der Waals surface area contributed by atoms with Gasteiger partial charge in [-0.25, -0.2) is 4.39 Å². The summed E-state index contributed by atoms with van der Waals surface area (Å²) in [7, 11) is 0. The molecule has 18 heavy (non-hydrogen) atoms. The van der Waals surface area contributed by atoms with Crippen LogP contribution in [0.1, 0.15) is 29.6 Å². The molecule has 1 aliphatic heterocycles. The van der Waals surface area contributed by atoms with Gasteiger partial charge in [-0.2, -0.15) is 0 Å². The molecule has 0 aliphatic carbocycles. The summed E-state index contributed by atoms with van der Waals surface area (Å²) in [4.78, 5) is 14.0. The fraction of sp³-hybridized carbons (Fsp3) is 0.462. The zero-order valence-electron chi connectivity index (χ0n) is 10.0. The van der Waals surface area contributed by atoms with E-state index in [1.165, 1.54) is 12.1 Å². The number of amides is 1. The molecule has 1 heterocycles. The summed E-state index contributed by atoms with van der Waals surface area (Å²) in [6.45, 7) is 1.13. The monoisotopic (exact) mass is 270 g/mol. The molecule has 1 aromatic rings. The van der Waals surface area contributed by atoms with Gasteiger partial charge in [-0.15, -0.1) is 0 Å². The van der Waals surface area contributed by atoms with Gasteiger partial charge in [-0.05, 0) is 37.5 Å². The van der Waals surface area contributed by atoms with Gasteiger partial charge < -0.3 is 10.6 Å². The normalized spacial score (nSPS) is 19.9. The molecule has 1 unspecified atom stereocenters. The number of hydrogen-bond donors (Lipinski definition) is 1. The Hall–Kier alpha value is -1.13. The lowest BCUT2D eigenvalue weighted by Crippen LogP contribution is -2.47. The van der Waals surface area contributed by atoms with Crippen LogP contribution in [-0.2, 0) is 0 Å². The number of rotatable bonds is 2. The highest BCUT2D eigenvalue weighted by Crippen LogP contribution is 2.21. The lowest BCUT2D eigenvalue weighted by Gasteiger charge is -2.35. The van der Waals surface area contributed by atoms with Gasteiger partial charge in [-0.1, -0.05) is 11.6 Å². The highest BCUT2D eigenvalue weighted by Gasteiger charge is 2.26. The molecule has 1 aromatic carbocycles. The minimum absolute atomic E-state index is 0.0283. The molecule has 0 spiro atoms. The summed E-state index contributed by atoms with van der Waals surface area (Å²) < 4.78 is 13.4. The molecule has 2 N–H and O–H groups in total. The third-order valence-corrected chi connectivity index (χ3v) is 3.63. The maximum atomic E-state index is 13.4. The van der Waals surface area contributed by atoms with Gasteiger partial charge in [0.25, 0.3) is 5.91 Å². The maximum absolute atomic E-state index is 13.4. The molecule has 1 aliphatic rings. The van der Waals surface area contributed by atoms with Crippen molar-refractivity contribution in [3.63, 3.8) is 0 Å². The van der Waals surface area contributed by atoms with Crippen LogP contribution in [0.3, 0.4) is 0 Å². The van der Waals surface area contributed by atoms with E-state index in [4.69, 9.17) is 17.3 Å². The first-order valence-electron chi connectivity index (χ1n) is 6.09. The van der Waals surface area contributed by atoms with Crippen molar-refractivity contribution in [2.24, 2.45) is 5.73 Å². The number of likely N-dealkylation sites (tertiary alicyclic amines) is 1. The van der Waals surface area contributed by atoms with E-state index in [1.54, 1.807) is 11.0 Å². The quantitative estimate of drug-likeness (QED) is 0.897. The molecule has 98 valence electrons. The Morgan fingerprint density at radius 3 is 2.94 bits per heavy atom. The lowest BCUT2D eigenvalue weighted by atomic mass is 10.0. The SMILES string of the molecule is NCC1CCCCN1C(=O)c1ccc(Cl)c(F)c1. The fourth-order valence-corrected chi connectivity index (χ4v) is 2.43. The topological polar surface area (TPSA) is 46.3 Å². The second-order valence-corrected chi connectivity index (χ2v) is 4.92. The van der Waals surface area contributed by atoms with Gasteiger partial charge in [0.2, 0.25) is 0 Å². The van der Waals surface area contributed by atoms with Gasteiger partial charge in [-0.3, -0.25) is 4.79 Å². The van der Waals surface area contributed by atoms with E-state index in [1.807, 2.05) is 0 Å². The number of nitrogens with zero attached hydrogens (tertiary/aromatic N) is 1. The van der Waals surface area contributed by atoms with E-state index in [2.05, 4.69) is 0 Å². The van der Waals surface area contributed by atoms with Crippen molar-refractivity contribution in [1.82, 2.24) is 4.90 Å². The molecule has 0 saturated carbocycles. The Morgan fingerprint density at radius 2 is 2.28 bits per heavy atom. The number of piperidine rings is 1. The van der Waals surface area contributed by atoms with E-state index in [0.29, 0.717) is 18.7 Å². The summed E-state index contributed by atoms with van der Waals surface area (Å²) in [5.74, 6) is -0.732. The first-order chi connectivity index (χ1) is 8.63. The van der Waals surface area contributed by atoms with E-state index in [9.17, 15) is 9.18 Å². The lowest BCUT2D eigenvalue weighted by molar-refractivity contribution is 0.0623. The third kappa shape index (κ3) is 2.65. The largest absolute Gasteiger partial charge is 0.334 e. The summed E-state index contributed by atoms with van der Waals surface area (Å²) >= 11 is 5.61. The Kier molecular flexibility index (Phi) is 4.19. The number of carbonyl (C=O) groups is 1. The Balaban J connectivity index is 2.21. The van der Waals surface area contributed by atoms with E-state index in [0.717, 1.165) is 19.3 Å². The number of hydrogen-bond acceptors (Lipinski definition) is 2. The number of halogens is 2. The average Bonchev–Trinajstić information content (AvgIpc) is 2.41. The summed E-state index contributed by atoms with van der Waals surface area (Å²) in [6, 6.07) is 4.21. The van der Waals surface area contributed by atoms with Crippen LogP contribution in [0, 0.1) is 5.82 Å². The first kappa shape index (κ1) is 13.3. The standard InChI is InChI=1S/C13H16ClFN2O/c14-11-5-4-9(7-12(11)15)13(18)17-6-2-1-3-10(17)8-16/h4-5,7,10H,1-3,6,8,16H2. The van der Waals surface area contributed by atoms with Crippen LogP contribution in [0.5, 0.6) is 0 Å². The fourth-order valence-electron chi connectivity index (χ4n) is 2.31. The molecule has 0 radical (unpaired) electrons. The minimum Gasteiger partial charge on any atom is -0.334 e. The maximum Gasteiger partial charge on any atom is 0.254 e. The average molecular weight is 271 g/mol. The molecule has 1 amide bonds. The Morgan fingerprint density at radius 1 is 1.50 bits per heavy atom. The molecule has 5 heteroatoms. The molecular formula is C13H16ClFN2O. The van der Waals surface area contributed by atoms with Gasteiger partial charge >= 0.3 is 0 Å². The zero-order chi connectivity index (χ0) is 13.1. The van der Waals surface area contributed by atoms with Gasteiger partial charge in [0.15, 0.2) is 0 Å². The third-order valence-electron chi connectivity index (χ3n) is 3.33. The molecular weight excluding hydrogens is 255 g/mol. The van der Waals surface area contributed by atoms with Crippen LogP contribution in [0.15, 0.2) is 18.2 Å². The molecule has 1 saturated heterocycles. The van der Waals surface area contributed by atoms with Crippen LogP contribution in [0.25, 0.3) is 0 Å². The van der Waals surface area contributed by atoms with Crippen molar-refractivity contribution in [2.75, 3.05) is 13.1 Å². The zero-order valence-corrected chi connectivity index (χ0v) is 10.8. The van der Waals surface area contributed by atoms with Crippen LogP contribution in [-0.4, -0.2) is 29.9 Å². The summed E-state index contributed by atoms with van der Waals surface area (Å²) in [6.07, 6.45) is 2.97. The van der Waals surface area contributed by atoms with Crippen LogP contribution in [0.4, 0.5) is 4.39 Å². The van der Waals surface area contributed by atoms with E-state index in [-0.39, 0.29) is 17.0 Å². The van der Waals surface area contributed by atoms with Crippen molar-refractivity contribution in [3.05, 3.63) is 34.6 Å². The molecule has 0 bridgehead atoms. The molecule has 1 fully saturated rings. The molecule has 1 atom stereocenters. The molecule has 2 rings (SSSR count). The van der Waals surface area contributed by atoms with Gasteiger partial charge in [0, 0.05) is 24.7 Å². The van der Waals surface area contributed by atoms with E-state index < -0.39 is 5.82 Å². The Bertz CT molecular complexity index is 453. The molecule has 3 nitrogen and oxygen atoms in total. The van der Waals surface area contributed by atoms with Gasteiger partial charge in [0.05, 0.1) is 5.02 Å². The highest BCUT2D eigenvalue weighted by atomic mass is 35.5. The first-order valence-corrected chi connectivity index (χ1v) is 6.47. The van der Waals surface area contributed by atoms with Crippen LogP contribution in [0.2, 0.25) is 5.02 Å². The number of benzene rings is 1. The van der Waals surface area contributed by atoms with Crippen molar-refractivity contribution in [2.45, 2.75) is 25.3 Å². The predicted molar refractivity (Wildman–Crippen MR) is 69.1 cm³/mol. The van der Waals surface area contributed by atoms with Crippen LogP contribution < -0.4 is 5.73 Å². The van der Waals surface area contributed by atoms with Crippen molar-refractivity contribution in [1.29, 1.82) is 0 Å². The minimum atomic E-state index is -0.566.